The first-order chi connectivity index (χ1) is 8.08. The third kappa shape index (κ3) is 2.41. The average molecular weight is 231 g/mol. The Kier molecular flexibility index (Phi) is 3.04. The molecule has 90 valence electrons. The van der Waals surface area contributed by atoms with Crippen molar-refractivity contribution in [2.24, 2.45) is 7.05 Å². The number of anilines is 1. The number of benzene rings is 1. The third-order valence-electron chi connectivity index (χ3n) is 2.76. The molecule has 1 aromatic heterocycles. The fraction of sp³-hybridized carbons (Fsp3) is 0.308. The predicted octanol–water partition coefficient (Wildman–Crippen LogP) is 2.20. The first-order valence-electron chi connectivity index (χ1n) is 5.55. The second-order valence-electron chi connectivity index (χ2n) is 4.18. The van der Waals surface area contributed by atoms with Gasteiger partial charge in [-0.25, -0.2) is 0 Å². The number of para-hydroxylation sites is 1. The SMILES string of the molecule is Cc1cc(COc2cccc(C)c2N)n(C)n1. The van der Waals surface area contributed by atoms with Gasteiger partial charge in [-0.2, -0.15) is 5.10 Å². The second-order valence-corrected chi connectivity index (χ2v) is 4.18. The van der Waals surface area contributed by atoms with Crippen molar-refractivity contribution in [3.8, 4) is 5.75 Å². The molecule has 0 radical (unpaired) electrons. The highest BCUT2D eigenvalue weighted by Gasteiger charge is 2.06. The lowest BCUT2D eigenvalue weighted by molar-refractivity contribution is 0.296. The van der Waals surface area contributed by atoms with Crippen molar-refractivity contribution >= 4 is 5.69 Å². The van der Waals surface area contributed by atoms with E-state index in [0.29, 0.717) is 12.3 Å². The summed E-state index contributed by atoms with van der Waals surface area (Å²) in [6.45, 7) is 4.41. The zero-order valence-electron chi connectivity index (χ0n) is 10.4. The molecule has 2 rings (SSSR count). The van der Waals surface area contributed by atoms with Crippen LogP contribution in [0, 0.1) is 13.8 Å². The lowest BCUT2D eigenvalue weighted by Gasteiger charge is -2.10. The van der Waals surface area contributed by atoms with Crippen LogP contribution in [0.3, 0.4) is 0 Å². The molecule has 2 N–H and O–H groups in total. The molecule has 0 saturated heterocycles. The first kappa shape index (κ1) is 11.5. The Morgan fingerprint density at radius 3 is 2.76 bits per heavy atom. The Labute approximate surface area is 101 Å². The van der Waals surface area contributed by atoms with Crippen LogP contribution in [0.4, 0.5) is 5.69 Å². The number of nitrogens with zero attached hydrogens (tertiary/aromatic N) is 2. The summed E-state index contributed by atoms with van der Waals surface area (Å²) in [6.07, 6.45) is 0. The van der Waals surface area contributed by atoms with Crippen molar-refractivity contribution in [1.82, 2.24) is 9.78 Å². The summed E-state index contributed by atoms with van der Waals surface area (Å²) in [5.74, 6) is 0.726. The summed E-state index contributed by atoms with van der Waals surface area (Å²) in [4.78, 5) is 0. The number of hydrogen-bond donors (Lipinski definition) is 1. The van der Waals surface area contributed by atoms with Crippen LogP contribution in [0.2, 0.25) is 0 Å². The molecule has 4 heteroatoms. The molecule has 0 amide bonds. The maximum absolute atomic E-state index is 5.94. The smallest absolute Gasteiger partial charge is 0.143 e. The van der Waals surface area contributed by atoms with Gasteiger partial charge in [0, 0.05) is 7.05 Å². The van der Waals surface area contributed by atoms with Crippen molar-refractivity contribution in [3.63, 3.8) is 0 Å². The Bertz CT molecular complexity index is 531. The van der Waals surface area contributed by atoms with E-state index in [1.165, 1.54) is 0 Å². The van der Waals surface area contributed by atoms with E-state index in [1.54, 1.807) is 0 Å². The number of rotatable bonds is 3. The minimum absolute atomic E-state index is 0.477. The topological polar surface area (TPSA) is 53.1 Å². The average Bonchev–Trinajstić information content (AvgIpc) is 2.60. The molecule has 0 saturated carbocycles. The minimum atomic E-state index is 0.477. The number of nitrogens with two attached hydrogens (primary N) is 1. The van der Waals surface area contributed by atoms with Gasteiger partial charge < -0.3 is 10.5 Å². The number of hydrogen-bond acceptors (Lipinski definition) is 3. The van der Waals surface area contributed by atoms with Gasteiger partial charge in [0.15, 0.2) is 0 Å². The van der Waals surface area contributed by atoms with Crippen molar-refractivity contribution in [3.05, 3.63) is 41.2 Å². The van der Waals surface area contributed by atoms with Crippen LogP contribution < -0.4 is 10.5 Å². The van der Waals surface area contributed by atoms with E-state index in [4.69, 9.17) is 10.5 Å². The Hall–Kier alpha value is -1.97. The van der Waals surface area contributed by atoms with E-state index >= 15 is 0 Å². The highest BCUT2D eigenvalue weighted by molar-refractivity contribution is 5.57. The summed E-state index contributed by atoms with van der Waals surface area (Å²) < 4.78 is 7.53. The summed E-state index contributed by atoms with van der Waals surface area (Å²) in [5, 5.41) is 4.27. The third-order valence-corrected chi connectivity index (χ3v) is 2.76. The van der Waals surface area contributed by atoms with E-state index in [0.717, 1.165) is 22.7 Å². The zero-order chi connectivity index (χ0) is 12.4. The van der Waals surface area contributed by atoms with Crippen LogP contribution in [0.25, 0.3) is 0 Å². The van der Waals surface area contributed by atoms with Crippen LogP contribution in [0.1, 0.15) is 17.0 Å². The van der Waals surface area contributed by atoms with Crippen molar-refractivity contribution in [1.29, 1.82) is 0 Å². The van der Waals surface area contributed by atoms with E-state index < -0.39 is 0 Å². The van der Waals surface area contributed by atoms with Crippen LogP contribution in [-0.2, 0) is 13.7 Å². The largest absolute Gasteiger partial charge is 0.485 e. The number of aromatic nitrogens is 2. The Morgan fingerprint density at radius 1 is 1.35 bits per heavy atom. The molecule has 0 spiro atoms. The van der Waals surface area contributed by atoms with E-state index in [1.807, 2.05) is 49.8 Å². The molecule has 0 fully saturated rings. The van der Waals surface area contributed by atoms with Gasteiger partial charge in [-0.15, -0.1) is 0 Å². The lowest BCUT2D eigenvalue weighted by atomic mass is 10.2. The molecule has 0 aliphatic heterocycles. The standard InChI is InChI=1S/C13H17N3O/c1-9-5-4-6-12(13(9)14)17-8-11-7-10(2)15-16(11)3/h4-7H,8,14H2,1-3H3. The van der Waals surface area contributed by atoms with E-state index in [2.05, 4.69) is 5.10 Å². The fourth-order valence-electron chi connectivity index (χ4n) is 1.73. The van der Waals surface area contributed by atoms with Gasteiger partial charge in [-0.1, -0.05) is 12.1 Å². The molecule has 0 atom stereocenters. The molecular formula is C13H17N3O. The second kappa shape index (κ2) is 4.49. The van der Waals surface area contributed by atoms with Gasteiger partial charge in [-0.05, 0) is 31.5 Å². The quantitative estimate of drug-likeness (QED) is 0.824. The number of nitrogen functional groups attached to an aromatic ring is 1. The van der Waals surface area contributed by atoms with Gasteiger partial charge in [0.2, 0.25) is 0 Å². The van der Waals surface area contributed by atoms with Crippen LogP contribution in [0.5, 0.6) is 5.75 Å². The molecule has 17 heavy (non-hydrogen) atoms. The monoisotopic (exact) mass is 231 g/mol. The predicted molar refractivity (Wildman–Crippen MR) is 67.9 cm³/mol. The molecule has 1 aromatic carbocycles. The van der Waals surface area contributed by atoms with Crippen LogP contribution in [0.15, 0.2) is 24.3 Å². The molecule has 0 aliphatic rings. The van der Waals surface area contributed by atoms with Crippen LogP contribution in [-0.4, -0.2) is 9.78 Å². The molecule has 2 aromatic rings. The summed E-state index contributed by atoms with van der Waals surface area (Å²) in [7, 11) is 1.91. The Morgan fingerprint density at radius 2 is 2.12 bits per heavy atom. The van der Waals surface area contributed by atoms with Crippen molar-refractivity contribution in [2.75, 3.05) is 5.73 Å². The minimum Gasteiger partial charge on any atom is -0.485 e. The molecular weight excluding hydrogens is 214 g/mol. The van der Waals surface area contributed by atoms with Crippen LogP contribution >= 0.6 is 0 Å². The maximum Gasteiger partial charge on any atom is 0.143 e. The highest BCUT2D eigenvalue weighted by atomic mass is 16.5. The molecule has 0 aliphatic carbocycles. The molecule has 4 nitrogen and oxygen atoms in total. The summed E-state index contributed by atoms with van der Waals surface area (Å²) in [5.41, 5.74) is 9.69. The lowest BCUT2D eigenvalue weighted by Crippen LogP contribution is -2.04. The molecule has 1 heterocycles. The summed E-state index contributed by atoms with van der Waals surface area (Å²) >= 11 is 0. The van der Waals surface area contributed by atoms with Gasteiger partial charge in [0.1, 0.15) is 12.4 Å². The maximum atomic E-state index is 5.94. The zero-order valence-corrected chi connectivity index (χ0v) is 10.4. The Balaban J connectivity index is 2.12. The summed E-state index contributed by atoms with van der Waals surface area (Å²) in [6, 6.07) is 7.80. The van der Waals surface area contributed by atoms with Crippen molar-refractivity contribution < 1.29 is 4.74 Å². The highest BCUT2D eigenvalue weighted by Crippen LogP contribution is 2.25. The fourth-order valence-corrected chi connectivity index (χ4v) is 1.73. The van der Waals surface area contributed by atoms with E-state index in [-0.39, 0.29) is 0 Å². The molecule has 0 bridgehead atoms. The molecule has 0 unspecified atom stereocenters. The number of aryl methyl sites for hydroxylation is 3. The first-order valence-corrected chi connectivity index (χ1v) is 5.55. The van der Waals surface area contributed by atoms with Gasteiger partial charge in [-0.3, -0.25) is 4.68 Å². The van der Waals surface area contributed by atoms with E-state index in [9.17, 15) is 0 Å². The van der Waals surface area contributed by atoms with Gasteiger partial charge >= 0.3 is 0 Å². The normalized spacial score (nSPS) is 10.5. The van der Waals surface area contributed by atoms with Crippen molar-refractivity contribution in [2.45, 2.75) is 20.5 Å². The number of ether oxygens (including phenoxy) is 1. The van der Waals surface area contributed by atoms with Gasteiger partial charge in [0.25, 0.3) is 0 Å². The van der Waals surface area contributed by atoms with Gasteiger partial charge in [0.05, 0.1) is 17.1 Å².